The summed E-state index contributed by atoms with van der Waals surface area (Å²) in [5.41, 5.74) is 3.37. The van der Waals surface area contributed by atoms with E-state index in [-0.39, 0.29) is 11.8 Å². The van der Waals surface area contributed by atoms with Crippen molar-refractivity contribution in [2.24, 2.45) is 0 Å². The number of piperazine rings is 2. The second-order valence-corrected chi connectivity index (χ2v) is 7.46. The second kappa shape index (κ2) is 8.71. The largest absolute Gasteiger partial charge is 0.336 e. The average Bonchev–Trinajstić information content (AvgIpc) is 2.79. The fourth-order valence-corrected chi connectivity index (χ4v) is 4.15. The van der Waals surface area contributed by atoms with Crippen LogP contribution in [-0.2, 0) is 4.79 Å². The zero-order chi connectivity index (χ0) is 19.3. The lowest BCUT2D eigenvalue weighted by atomic mass is 9.88. The van der Waals surface area contributed by atoms with Gasteiger partial charge in [-0.25, -0.2) is 0 Å². The predicted molar refractivity (Wildman–Crippen MR) is 110 cm³/mol. The monoisotopic (exact) mass is 380 g/mol. The lowest BCUT2D eigenvalue weighted by Gasteiger charge is -2.30. The molecule has 0 radical (unpaired) electrons. The van der Waals surface area contributed by atoms with E-state index in [0.29, 0.717) is 5.56 Å². The number of carbonyl (C=O) groups excluding carboxylic acids is 2. The molecular formula is C22H28N4O2. The highest BCUT2D eigenvalue weighted by molar-refractivity contribution is 6.07. The molecule has 0 unspecified atom stereocenters. The lowest BCUT2D eigenvalue weighted by molar-refractivity contribution is -0.127. The molecule has 1 aromatic carbocycles. The normalized spacial score (nSPS) is 20.4. The van der Waals surface area contributed by atoms with Crippen molar-refractivity contribution in [1.82, 2.24) is 20.4 Å². The van der Waals surface area contributed by atoms with Crippen LogP contribution >= 0.6 is 0 Å². The molecule has 4 rings (SSSR count). The molecule has 2 aliphatic heterocycles. The summed E-state index contributed by atoms with van der Waals surface area (Å²) in [4.78, 5) is 30.2. The Morgan fingerprint density at radius 1 is 0.821 bits per heavy atom. The standard InChI is InChI=1S/C22H28N4O2/c27-21(25-13-9-23-10-14-25)19-7-3-1-5-17(19)18-6-2-4-8-20(18)22(28)26-15-11-24-12-16-26/h1,3-5,7-8,23-24H,2,6,9-16H2. The van der Waals surface area contributed by atoms with E-state index in [1.54, 1.807) is 0 Å². The van der Waals surface area contributed by atoms with Gasteiger partial charge >= 0.3 is 0 Å². The topological polar surface area (TPSA) is 64.7 Å². The quantitative estimate of drug-likeness (QED) is 0.829. The summed E-state index contributed by atoms with van der Waals surface area (Å²) < 4.78 is 0. The van der Waals surface area contributed by atoms with Crippen molar-refractivity contribution in [3.05, 3.63) is 53.1 Å². The van der Waals surface area contributed by atoms with Crippen molar-refractivity contribution in [3.63, 3.8) is 0 Å². The van der Waals surface area contributed by atoms with E-state index in [1.807, 2.05) is 40.1 Å². The third-order valence-electron chi connectivity index (χ3n) is 5.69. The number of amides is 2. The number of nitrogens with one attached hydrogen (secondary N) is 2. The van der Waals surface area contributed by atoms with Crippen molar-refractivity contribution in [2.75, 3.05) is 52.4 Å². The molecule has 0 spiro atoms. The van der Waals surface area contributed by atoms with Crippen molar-refractivity contribution in [2.45, 2.75) is 12.8 Å². The van der Waals surface area contributed by atoms with Gasteiger partial charge in [-0.2, -0.15) is 0 Å². The Kier molecular flexibility index (Phi) is 5.88. The summed E-state index contributed by atoms with van der Waals surface area (Å²) in [5.74, 6) is 0.144. The van der Waals surface area contributed by atoms with Crippen molar-refractivity contribution < 1.29 is 9.59 Å². The summed E-state index contributed by atoms with van der Waals surface area (Å²) in [5, 5.41) is 6.58. The summed E-state index contributed by atoms with van der Waals surface area (Å²) in [6, 6.07) is 7.77. The fourth-order valence-electron chi connectivity index (χ4n) is 4.15. The molecule has 1 aromatic rings. The lowest BCUT2D eigenvalue weighted by Crippen LogP contribution is -2.47. The van der Waals surface area contributed by atoms with Gasteiger partial charge in [0.15, 0.2) is 0 Å². The molecular weight excluding hydrogens is 352 g/mol. The van der Waals surface area contributed by atoms with Crippen molar-refractivity contribution in [1.29, 1.82) is 0 Å². The third kappa shape index (κ3) is 3.88. The van der Waals surface area contributed by atoms with Crippen LogP contribution in [0.2, 0.25) is 0 Å². The number of allylic oxidation sites excluding steroid dienone is 2. The van der Waals surface area contributed by atoms with Crippen LogP contribution in [0.25, 0.3) is 5.57 Å². The molecule has 0 bridgehead atoms. The summed E-state index contributed by atoms with van der Waals surface area (Å²) >= 11 is 0. The Morgan fingerprint density at radius 2 is 1.43 bits per heavy atom. The first-order valence-electron chi connectivity index (χ1n) is 10.2. The Labute approximate surface area is 166 Å². The van der Waals surface area contributed by atoms with Crippen molar-refractivity contribution >= 4 is 17.4 Å². The van der Waals surface area contributed by atoms with Crippen LogP contribution in [0.15, 0.2) is 42.0 Å². The van der Waals surface area contributed by atoms with Gasteiger partial charge in [-0.15, -0.1) is 0 Å². The highest BCUT2D eigenvalue weighted by Gasteiger charge is 2.27. The molecule has 2 N–H and O–H groups in total. The van der Waals surface area contributed by atoms with E-state index in [2.05, 4.69) is 16.7 Å². The Balaban J connectivity index is 1.69. The van der Waals surface area contributed by atoms with Gasteiger partial charge < -0.3 is 20.4 Å². The Bertz CT molecular complexity index is 803. The Morgan fingerprint density at radius 3 is 2.11 bits per heavy atom. The zero-order valence-corrected chi connectivity index (χ0v) is 16.2. The highest BCUT2D eigenvalue weighted by Crippen LogP contribution is 2.32. The van der Waals surface area contributed by atoms with Crippen molar-refractivity contribution in [3.8, 4) is 0 Å². The summed E-state index contributed by atoms with van der Waals surface area (Å²) in [6.07, 6.45) is 5.70. The van der Waals surface area contributed by atoms with Crippen LogP contribution in [0.1, 0.15) is 28.8 Å². The molecule has 2 saturated heterocycles. The fraction of sp³-hybridized carbons (Fsp3) is 0.455. The van der Waals surface area contributed by atoms with E-state index in [0.717, 1.165) is 81.9 Å². The molecule has 3 aliphatic rings. The number of nitrogens with zero attached hydrogens (tertiary/aromatic N) is 2. The van der Waals surface area contributed by atoms with E-state index in [4.69, 9.17) is 0 Å². The highest BCUT2D eigenvalue weighted by atomic mass is 16.2. The molecule has 6 heteroatoms. The van der Waals surface area contributed by atoms with E-state index < -0.39 is 0 Å². The van der Waals surface area contributed by atoms with Gasteiger partial charge in [0.2, 0.25) is 0 Å². The first kappa shape index (κ1) is 18.9. The molecule has 2 heterocycles. The van der Waals surface area contributed by atoms with E-state index in [9.17, 15) is 9.59 Å². The zero-order valence-electron chi connectivity index (χ0n) is 16.2. The van der Waals surface area contributed by atoms with E-state index >= 15 is 0 Å². The van der Waals surface area contributed by atoms with Crippen LogP contribution in [0.3, 0.4) is 0 Å². The minimum absolute atomic E-state index is 0.0631. The summed E-state index contributed by atoms with van der Waals surface area (Å²) in [6.45, 7) is 6.21. The van der Waals surface area contributed by atoms with Crippen LogP contribution in [0.4, 0.5) is 0 Å². The Hall–Kier alpha value is -2.44. The number of hydrogen-bond donors (Lipinski definition) is 2. The van der Waals surface area contributed by atoms with Crippen LogP contribution in [-0.4, -0.2) is 74.0 Å². The SMILES string of the molecule is O=C(C1=C(c2ccccc2C(=O)N2CCNCC2)CCC=C1)N1CCNCC1. The van der Waals surface area contributed by atoms with Gasteiger partial charge in [0.1, 0.15) is 0 Å². The molecule has 148 valence electrons. The predicted octanol–water partition coefficient (Wildman–Crippen LogP) is 1.27. The number of rotatable bonds is 3. The molecule has 1 aliphatic carbocycles. The number of benzene rings is 1. The molecule has 2 fully saturated rings. The minimum atomic E-state index is 0.0631. The first-order valence-corrected chi connectivity index (χ1v) is 10.2. The molecule has 2 amide bonds. The molecule has 0 saturated carbocycles. The minimum Gasteiger partial charge on any atom is -0.336 e. The second-order valence-electron chi connectivity index (χ2n) is 7.46. The maximum Gasteiger partial charge on any atom is 0.254 e. The summed E-state index contributed by atoms with van der Waals surface area (Å²) in [7, 11) is 0. The molecule has 0 atom stereocenters. The van der Waals surface area contributed by atoms with Gasteiger partial charge in [-0.3, -0.25) is 9.59 Å². The van der Waals surface area contributed by atoms with Gasteiger partial charge in [0, 0.05) is 63.5 Å². The third-order valence-corrected chi connectivity index (χ3v) is 5.69. The average molecular weight is 380 g/mol. The van der Waals surface area contributed by atoms with E-state index in [1.165, 1.54) is 0 Å². The molecule has 0 aromatic heterocycles. The van der Waals surface area contributed by atoms with Crippen LogP contribution in [0.5, 0.6) is 0 Å². The van der Waals surface area contributed by atoms with Crippen LogP contribution in [0, 0.1) is 0 Å². The molecule has 28 heavy (non-hydrogen) atoms. The first-order chi connectivity index (χ1) is 13.8. The molecule has 6 nitrogen and oxygen atoms in total. The van der Waals surface area contributed by atoms with Crippen LogP contribution < -0.4 is 10.6 Å². The number of carbonyl (C=O) groups is 2. The maximum absolute atomic E-state index is 13.2. The maximum atomic E-state index is 13.2. The number of hydrogen-bond acceptors (Lipinski definition) is 4. The van der Waals surface area contributed by atoms with Gasteiger partial charge in [-0.1, -0.05) is 30.4 Å². The van der Waals surface area contributed by atoms with Gasteiger partial charge in [0.25, 0.3) is 11.8 Å². The van der Waals surface area contributed by atoms with Gasteiger partial charge in [0.05, 0.1) is 0 Å². The smallest absolute Gasteiger partial charge is 0.254 e. The van der Waals surface area contributed by atoms with Gasteiger partial charge in [-0.05, 0) is 30.0 Å².